The fourth-order valence-electron chi connectivity index (χ4n) is 3.21. The van der Waals surface area contributed by atoms with E-state index < -0.39 is 22.5 Å². The molecule has 0 aliphatic rings. The van der Waals surface area contributed by atoms with Crippen molar-refractivity contribution in [2.45, 2.75) is 18.7 Å². The molecule has 0 aromatic heterocycles. The highest BCUT2D eigenvalue weighted by Crippen LogP contribution is 2.33. The van der Waals surface area contributed by atoms with Gasteiger partial charge in [0.2, 0.25) is 5.91 Å². The van der Waals surface area contributed by atoms with Gasteiger partial charge in [-0.2, -0.15) is 0 Å². The van der Waals surface area contributed by atoms with E-state index in [0.717, 1.165) is 9.87 Å². The van der Waals surface area contributed by atoms with E-state index in [2.05, 4.69) is 5.32 Å². The summed E-state index contributed by atoms with van der Waals surface area (Å²) in [5.41, 5.74) is 1.61. The summed E-state index contributed by atoms with van der Waals surface area (Å²) < 4.78 is 39.2. The summed E-state index contributed by atoms with van der Waals surface area (Å²) in [6.45, 7) is 3.53. The maximum Gasteiger partial charge on any atom is 0.264 e. The molecule has 0 radical (unpaired) electrons. The minimum Gasteiger partial charge on any atom is -0.495 e. The smallest absolute Gasteiger partial charge is 0.264 e. The topological polar surface area (TPSA) is 84.9 Å². The minimum atomic E-state index is -4.12. The molecule has 0 atom stereocenters. The summed E-state index contributed by atoms with van der Waals surface area (Å²) in [5.74, 6) is 0.275. The van der Waals surface area contributed by atoms with Crippen molar-refractivity contribution in [3.63, 3.8) is 0 Å². The van der Waals surface area contributed by atoms with Crippen LogP contribution in [0.25, 0.3) is 0 Å². The number of rotatable bonds is 9. The third kappa shape index (κ3) is 5.77. The summed E-state index contributed by atoms with van der Waals surface area (Å²) in [4.78, 5) is 13.0. The van der Waals surface area contributed by atoms with Crippen LogP contribution in [-0.4, -0.2) is 34.6 Å². The zero-order chi connectivity index (χ0) is 24.0. The summed E-state index contributed by atoms with van der Waals surface area (Å²) in [7, 11) is -2.62. The largest absolute Gasteiger partial charge is 0.495 e. The summed E-state index contributed by atoms with van der Waals surface area (Å²) in [5, 5.41) is 3.16. The number of hydrogen-bond acceptors (Lipinski definition) is 5. The van der Waals surface area contributed by atoms with Gasteiger partial charge in [0.1, 0.15) is 18.0 Å². The van der Waals surface area contributed by atoms with Gasteiger partial charge in [0.25, 0.3) is 10.0 Å². The molecule has 7 nitrogen and oxygen atoms in total. The predicted molar refractivity (Wildman–Crippen MR) is 130 cm³/mol. The van der Waals surface area contributed by atoms with Gasteiger partial charge in [-0.3, -0.25) is 9.10 Å². The van der Waals surface area contributed by atoms with Gasteiger partial charge >= 0.3 is 0 Å². The Morgan fingerprint density at radius 3 is 2.39 bits per heavy atom. The second kappa shape index (κ2) is 10.6. The van der Waals surface area contributed by atoms with E-state index >= 15 is 0 Å². The highest BCUT2D eigenvalue weighted by atomic mass is 35.5. The lowest BCUT2D eigenvalue weighted by Crippen LogP contribution is -2.38. The molecule has 0 fully saturated rings. The van der Waals surface area contributed by atoms with Crippen LogP contribution in [0, 0.1) is 6.92 Å². The first-order chi connectivity index (χ1) is 15.8. The molecular formula is C24H25ClN2O5S. The number of carbonyl (C=O) groups excluding carboxylic acids is 1. The molecule has 0 unspecified atom stereocenters. The number of halogens is 1. The number of nitrogens with zero attached hydrogens (tertiary/aromatic N) is 1. The van der Waals surface area contributed by atoms with E-state index in [0.29, 0.717) is 28.8 Å². The van der Waals surface area contributed by atoms with Gasteiger partial charge in [-0.1, -0.05) is 29.8 Å². The van der Waals surface area contributed by atoms with Crippen molar-refractivity contribution >= 4 is 38.9 Å². The molecule has 33 heavy (non-hydrogen) atoms. The fourth-order valence-corrected chi connectivity index (χ4v) is 4.77. The summed E-state index contributed by atoms with van der Waals surface area (Å²) in [6.07, 6.45) is 0. The average molecular weight is 489 g/mol. The highest BCUT2D eigenvalue weighted by molar-refractivity contribution is 7.92. The van der Waals surface area contributed by atoms with E-state index in [1.54, 1.807) is 43.3 Å². The van der Waals surface area contributed by atoms with Crippen LogP contribution in [0.3, 0.4) is 0 Å². The predicted octanol–water partition coefficient (Wildman–Crippen LogP) is 4.89. The summed E-state index contributed by atoms with van der Waals surface area (Å²) in [6, 6.07) is 17.8. The zero-order valence-corrected chi connectivity index (χ0v) is 20.1. The lowest BCUT2D eigenvalue weighted by molar-refractivity contribution is -0.114. The molecule has 0 bridgehead atoms. The number of hydrogen-bond donors (Lipinski definition) is 1. The Morgan fingerprint density at radius 2 is 1.73 bits per heavy atom. The van der Waals surface area contributed by atoms with Gasteiger partial charge in [-0.25, -0.2) is 8.42 Å². The van der Waals surface area contributed by atoms with Crippen molar-refractivity contribution in [2.75, 3.05) is 29.9 Å². The SMILES string of the molecule is CCOc1ccccc1N(CC(=O)Nc1cc(C)ccc1OC)S(=O)(=O)c1ccc(Cl)cc1. The molecule has 1 amide bonds. The minimum absolute atomic E-state index is 0.000798. The molecule has 0 aliphatic carbocycles. The van der Waals surface area contributed by atoms with Crippen molar-refractivity contribution in [1.82, 2.24) is 0 Å². The molecule has 3 aromatic rings. The van der Waals surface area contributed by atoms with Crippen LogP contribution >= 0.6 is 11.6 Å². The molecule has 3 aromatic carbocycles. The third-order valence-corrected chi connectivity index (χ3v) is 6.78. The van der Waals surface area contributed by atoms with E-state index in [1.807, 2.05) is 13.0 Å². The van der Waals surface area contributed by atoms with Crippen molar-refractivity contribution < 1.29 is 22.7 Å². The van der Waals surface area contributed by atoms with Gasteiger partial charge in [0.15, 0.2) is 0 Å². The van der Waals surface area contributed by atoms with Crippen molar-refractivity contribution in [2.24, 2.45) is 0 Å². The van der Waals surface area contributed by atoms with Crippen LogP contribution in [0.2, 0.25) is 5.02 Å². The van der Waals surface area contributed by atoms with Gasteiger partial charge in [0, 0.05) is 5.02 Å². The molecule has 9 heteroatoms. The molecule has 0 spiro atoms. The standard InChI is InChI=1S/C24H25ClN2O5S/c1-4-32-23-8-6-5-7-21(23)27(33(29,30)19-12-10-18(25)11-13-19)16-24(28)26-20-15-17(2)9-14-22(20)31-3/h5-15H,4,16H2,1-3H3,(H,26,28). The molecule has 0 heterocycles. The maximum absolute atomic E-state index is 13.6. The molecule has 0 aliphatic heterocycles. The first-order valence-corrected chi connectivity index (χ1v) is 12.0. The normalized spacial score (nSPS) is 11.0. The Labute approximate surface area is 198 Å². The lowest BCUT2D eigenvalue weighted by Gasteiger charge is -2.26. The fraction of sp³-hybridized carbons (Fsp3) is 0.208. The quantitative estimate of drug-likeness (QED) is 0.463. The van der Waals surface area contributed by atoms with E-state index in [-0.39, 0.29) is 10.6 Å². The van der Waals surface area contributed by atoms with E-state index in [1.165, 1.54) is 31.4 Å². The number of carbonyl (C=O) groups is 1. The van der Waals surface area contributed by atoms with Gasteiger partial charge < -0.3 is 14.8 Å². The van der Waals surface area contributed by atoms with Crippen molar-refractivity contribution in [3.8, 4) is 11.5 Å². The van der Waals surface area contributed by atoms with Gasteiger partial charge in [-0.15, -0.1) is 0 Å². The molecular weight excluding hydrogens is 464 g/mol. The monoisotopic (exact) mass is 488 g/mol. The molecule has 1 N–H and O–H groups in total. The number of amides is 1. The molecule has 0 saturated carbocycles. The number of ether oxygens (including phenoxy) is 2. The average Bonchev–Trinajstić information content (AvgIpc) is 2.79. The summed E-state index contributed by atoms with van der Waals surface area (Å²) >= 11 is 5.94. The van der Waals surface area contributed by atoms with E-state index in [9.17, 15) is 13.2 Å². The van der Waals surface area contributed by atoms with Crippen LogP contribution in [0.1, 0.15) is 12.5 Å². The third-order valence-electron chi connectivity index (χ3n) is 4.75. The number of sulfonamides is 1. The Kier molecular flexibility index (Phi) is 7.84. The van der Waals surface area contributed by atoms with Gasteiger partial charge in [-0.05, 0) is 67.9 Å². The second-order valence-electron chi connectivity index (χ2n) is 7.12. The second-order valence-corrected chi connectivity index (χ2v) is 9.42. The maximum atomic E-state index is 13.6. The lowest BCUT2D eigenvalue weighted by atomic mass is 10.2. The first kappa shape index (κ1) is 24.4. The molecule has 3 rings (SSSR count). The van der Waals surface area contributed by atoms with Crippen molar-refractivity contribution in [3.05, 3.63) is 77.3 Å². The number of nitrogens with one attached hydrogen (secondary N) is 1. The Morgan fingerprint density at radius 1 is 1.03 bits per heavy atom. The van der Waals surface area contributed by atoms with Crippen molar-refractivity contribution in [1.29, 1.82) is 0 Å². The first-order valence-electron chi connectivity index (χ1n) is 10.2. The molecule has 0 saturated heterocycles. The number of anilines is 2. The zero-order valence-electron chi connectivity index (χ0n) is 18.5. The van der Waals surface area contributed by atoms with Crippen LogP contribution in [-0.2, 0) is 14.8 Å². The Balaban J connectivity index is 2.02. The molecule has 174 valence electrons. The number of benzene rings is 3. The number of para-hydroxylation sites is 2. The number of methoxy groups -OCH3 is 1. The van der Waals surface area contributed by atoms with Crippen LogP contribution < -0.4 is 19.1 Å². The Bertz CT molecular complexity index is 1230. The Hall–Kier alpha value is -3.23. The van der Waals surface area contributed by atoms with Crippen LogP contribution in [0.15, 0.2) is 71.6 Å². The van der Waals surface area contributed by atoms with Crippen LogP contribution in [0.4, 0.5) is 11.4 Å². The van der Waals surface area contributed by atoms with Gasteiger partial charge in [0.05, 0.1) is 30.0 Å². The van der Waals surface area contributed by atoms with Crippen LogP contribution in [0.5, 0.6) is 11.5 Å². The highest BCUT2D eigenvalue weighted by Gasteiger charge is 2.29. The number of aryl methyl sites for hydroxylation is 1. The van der Waals surface area contributed by atoms with E-state index in [4.69, 9.17) is 21.1 Å².